The molecular formula is C13H27N3O2. The zero-order valence-electron chi connectivity index (χ0n) is 12.3. The third-order valence-electron chi connectivity index (χ3n) is 3.52. The Balaban J connectivity index is 2.47. The van der Waals surface area contributed by atoms with Gasteiger partial charge in [0.25, 0.3) is 0 Å². The van der Waals surface area contributed by atoms with E-state index in [9.17, 15) is 4.79 Å². The number of hydrogen-bond acceptors (Lipinski definition) is 5. The van der Waals surface area contributed by atoms with Gasteiger partial charge < -0.3 is 10.5 Å². The topological polar surface area (TPSA) is 58.8 Å². The molecule has 0 amide bonds. The van der Waals surface area contributed by atoms with E-state index in [1.54, 1.807) is 6.92 Å². The largest absolute Gasteiger partial charge is 0.468 e. The number of piperazine rings is 1. The van der Waals surface area contributed by atoms with Gasteiger partial charge in [-0.2, -0.15) is 0 Å². The fraction of sp³-hybridized carbons (Fsp3) is 0.923. The molecule has 5 heteroatoms. The molecule has 0 aromatic carbocycles. The summed E-state index contributed by atoms with van der Waals surface area (Å²) in [5, 5.41) is 0. The number of nitrogens with zero attached hydrogens (tertiary/aromatic N) is 2. The summed E-state index contributed by atoms with van der Waals surface area (Å²) in [4.78, 5) is 16.2. The molecule has 1 rings (SSSR count). The van der Waals surface area contributed by atoms with Gasteiger partial charge in [0.1, 0.15) is 5.54 Å². The molecule has 1 saturated heterocycles. The molecule has 106 valence electrons. The molecule has 5 nitrogen and oxygen atoms in total. The number of nitrogens with two attached hydrogens (primary N) is 1. The molecule has 0 spiro atoms. The number of carbonyl (C=O) groups is 1. The minimum absolute atomic E-state index is 0.209. The molecule has 0 aliphatic carbocycles. The normalized spacial score (nSPS) is 22.6. The molecule has 2 N–H and O–H groups in total. The zero-order chi connectivity index (χ0) is 14.0. The van der Waals surface area contributed by atoms with Gasteiger partial charge in [0.2, 0.25) is 0 Å². The molecular weight excluding hydrogens is 230 g/mol. The summed E-state index contributed by atoms with van der Waals surface area (Å²) in [6, 6.07) is 0. The van der Waals surface area contributed by atoms with Crippen molar-refractivity contribution >= 4 is 5.97 Å². The highest BCUT2D eigenvalue weighted by Gasteiger charge is 2.34. The number of methoxy groups -OCH3 is 1. The highest BCUT2D eigenvalue weighted by molar-refractivity contribution is 5.80. The molecule has 1 atom stereocenters. The molecule has 1 fully saturated rings. The van der Waals surface area contributed by atoms with Crippen molar-refractivity contribution in [2.75, 3.05) is 39.8 Å². The van der Waals surface area contributed by atoms with Crippen molar-refractivity contribution in [3.63, 3.8) is 0 Å². The molecule has 0 saturated carbocycles. The summed E-state index contributed by atoms with van der Waals surface area (Å²) in [7, 11) is 1.38. The van der Waals surface area contributed by atoms with Crippen LogP contribution in [0.15, 0.2) is 0 Å². The van der Waals surface area contributed by atoms with E-state index in [1.807, 2.05) is 0 Å². The summed E-state index contributed by atoms with van der Waals surface area (Å²) >= 11 is 0. The second-order valence-electron chi connectivity index (χ2n) is 6.34. The summed E-state index contributed by atoms with van der Waals surface area (Å²) in [5.41, 5.74) is 5.28. The first-order chi connectivity index (χ1) is 8.16. The average molecular weight is 257 g/mol. The monoisotopic (exact) mass is 257 g/mol. The van der Waals surface area contributed by atoms with Crippen LogP contribution in [0.25, 0.3) is 0 Å². The van der Waals surface area contributed by atoms with E-state index >= 15 is 0 Å². The maximum Gasteiger partial charge on any atom is 0.326 e. The van der Waals surface area contributed by atoms with Crippen molar-refractivity contribution in [1.29, 1.82) is 0 Å². The van der Waals surface area contributed by atoms with Crippen LogP contribution in [0.4, 0.5) is 0 Å². The maximum atomic E-state index is 11.5. The van der Waals surface area contributed by atoms with E-state index in [2.05, 4.69) is 30.6 Å². The van der Waals surface area contributed by atoms with E-state index < -0.39 is 5.54 Å². The highest BCUT2D eigenvalue weighted by atomic mass is 16.5. The number of rotatable bonds is 3. The Kier molecular flexibility index (Phi) is 4.75. The predicted molar refractivity (Wildman–Crippen MR) is 72.4 cm³/mol. The first kappa shape index (κ1) is 15.4. The molecule has 1 aliphatic rings. The third kappa shape index (κ3) is 3.93. The molecule has 0 aromatic rings. The van der Waals surface area contributed by atoms with Crippen molar-refractivity contribution in [1.82, 2.24) is 9.80 Å². The lowest BCUT2D eigenvalue weighted by atomic mass is 10.0. The number of hydrogen-bond donors (Lipinski definition) is 1. The van der Waals surface area contributed by atoms with Gasteiger partial charge in [-0.15, -0.1) is 0 Å². The number of esters is 1. The van der Waals surface area contributed by atoms with E-state index in [4.69, 9.17) is 10.5 Å². The molecule has 1 aliphatic heterocycles. The lowest BCUT2D eigenvalue weighted by Crippen LogP contribution is -2.59. The Labute approximate surface area is 110 Å². The van der Waals surface area contributed by atoms with Crippen molar-refractivity contribution in [3.05, 3.63) is 0 Å². The summed E-state index contributed by atoms with van der Waals surface area (Å²) < 4.78 is 4.73. The SMILES string of the molecule is COC(=O)C(C)(N)CN1CCN(C(C)(C)C)CC1. The lowest BCUT2D eigenvalue weighted by Gasteiger charge is -2.43. The third-order valence-corrected chi connectivity index (χ3v) is 3.52. The van der Waals surface area contributed by atoms with Crippen LogP contribution in [0, 0.1) is 0 Å². The maximum absolute atomic E-state index is 11.5. The number of ether oxygens (including phenoxy) is 1. The van der Waals surface area contributed by atoms with Crippen LogP contribution in [0.1, 0.15) is 27.7 Å². The summed E-state index contributed by atoms with van der Waals surface area (Å²) in [6.07, 6.45) is 0. The predicted octanol–water partition coefficient (Wildman–Crippen LogP) is 0.293. The Bertz CT molecular complexity index is 289. The van der Waals surface area contributed by atoms with Crippen LogP contribution >= 0.6 is 0 Å². The van der Waals surface area contributed by atoms with Crippen molar-refractivity contribution < 1.29 is 9.53 Å². The van der Waals surface area contributed by atoms with E-state index in [1.165, 1.54) is 7.11 Å². The van der Waals surface area contributed by atoms with Crippen LogP contribution in [0.5, 0.6) is 0 Å². The first-order valence-corrected chi connectivity index (χ1v) is 6.51. The van der Waals surface area contributed by atoms with Gasteiger partial charge in [0, 0.05) is 38.3 Å². The highest BCUT2D eigenvalue weighted by Crippen LogP contribution is 2.17. The number of carbonyl (C=O) groups excluding carboxylic acids is 1. The lowest BCUT2D eigenvalue weighted by molar-refractivity contribution is -0.147. The van der Waals surface area contributed by atoms with Crippen molar-refractivity contribution in [2.24, 2.45) is 5.73 Å². The molecule has 0 aromatic heterocycles. The second-order valence-corrected chi connectivity index (χ2v) is 6.34. The van der Waals surface area contributed by atoms with E-state index in [-0.39, 0.29) is 11.5 Å². The van der Waals surface area contributed by atoms with Gasteiger partial charge in [-0.3, -0.25) is 14.6 Å². The Hall–Kier alpha value is -0.650. The van der Waals surface area contributed by atoms with Crippen LogP contribution in [0.3, 0.4) is 0 Å². The average Bonchev–Trinajstić information content (AvgIpc) is 2.26. The second kappa shape index (κ2) is 5.55. The fourth-order valence-corrected chi connectivity index (χ4v) is 2.34. The Morgan fingerprint density at radius 2 is 1.67 bits per heavy atom. The van der Waals surface area contributed by atoms with Gasteiger partial charge in [-0.1, -0.05) is 0 Å². The summed E-state index contributed by atoms with van der Waals surface area (Å²) in [6.45, 7) is 12.9. The molecule has 18 heavy (non-hydrogen) atoms. The van der Waals surface area contributed by atoms with Gasteiger partial charge >= 0.3 is 5.97 Å². The van der Waals surface area contributed by atoms with E-state index in [0.717, 1.165) is 26.2 Å². The minimum atomic E-state index is -0.918. The van der Waals surface area contributed by atoms with Crippen LogP contribution in [0.2, 0.25) is 0 Å². The fourth-order valence-electron chi connectivity index (χ4n) is 2.34. The molecule has 1 unspecified atom stereocenters. The van der Waals surface area contributed by atoms with Gasteiger partial charge in [0.05, 0.1) is 7.11 Å². The molecule has 0 bridgehead atoms. The zero-order valence-corrected chi connectivity index (χ0v) is 12.3. The van der Waals surface area contributed by atoms with Crippen LogP contribution < -0.4 is 5.73 Å². The van der Waals surface area contributed by atoms with Crippen molar-refractivity contribution in [2.45, 2.75) is 38.8 Å². The van der Waals surface area contributed by atoms with E-state index in [0.29, 0.717) is 6.54 Å². The van der Waals surface area contributed by atoms with Gasteiger partial charge in [-0.25, -0.2) is 0 Å². The standard InChI is InChI=1S/C13H27N3O2/c1-12(2,3)16-8-6-15(7-9-16)10-13(4,14)11(17)18-5/h6-10,14H2,1-5H3. The van der Waals surface area contributed by atoms with Gasteiger partial charge in [0.15, 0.2) is 0 Å². The van der Waals surface area contributed by atoms with Crippen molar-refractivity contribution in [3.8, 4) is 0 Å². The molecule has 0 radical (unpaired) electrons. The Morgan fingerprint density at radius 1 is 1.17 bits per heavy atom. The smallest absolute Gasteiger partial charge is 0.326 e. The quantitative estimate of drug-likeness (QED) is 0.737. The first-order valence-electron chi connectivity index (χ1n) is 6.51. The minimum Gasteiger partial charge on any atom is -0.468 e. The van der Waals surface area contributed by atoms with Crippen LogP contribution in [-0.2, 0) is 9.53 Å². The molecule has 1 heterocycles. The Morgan fingerprint density at radius 3 is 2.06 bits per heavy atom. The summed E-state index contributed by atoms with van der Waals surface area (Å²) in [5.74, 6) is -0.347. The van der Waals surface area contributed by atoms with Crippen LogP contribution in [-0.4, -0.2) is 66.7 Å². The van der Waals surface area contributed by atoms with Gasteiger partial charge in [-0.05, 0) is 27.7 Å².